The number of carboxylic acids is 1. The van der Waals surface area contributed by atoms with Gasteiger partial charge in [0.2, 0.25) is 0 Å². The van der Waals surface area contributed by atoms with Crippen molar-refractivity contribution in [3.05, 3.63) is 34.1 Å². The van der Waals surface area contributed by atoms with Crippen LogP contribution in [0.4, 0.5) is 4.39 Å². The van der Waals surface area contributed by atoms with E-state index >= 15 is 0 Å². The third-order valence-electron chi connectivity index (χ3n) is 1.57. The largest absolute Gasteiger partial charge is 0.478 e. The molecule has 1 aromatic carbocycles. The van der Waals surface area contributed by atoms with Crippen LogP contribution in [0.3, 0.4) is 0 Å². The molecule has 0 fully saturated rings. The normalized spacial score (nSPS) is 9.92. The molecule has 0 spiro atoms. The van der Waals surface area contributed by atoms with Gasteiger partial charge in [0.25, 0.3) is 0 Å². The van der Waals surface area contributed by atoms with Gasteiger partial charge in [0.15, 0.2) is 0 Å². The molecule has 0 saturated carbocycles. The lowest BCUT2D eigenvalue weighted by molar-refractivity contribution is 0.0695. The molecule has 12 heavy (non-hydrogen) atoms. The van der Waals surface area contributed by atoms with Crippen molar-refractivity contribution in [3.63, 3.8) is 0 Å². The Hall–Kier alpha value is -1.09. The van der Waals surface area contributed by atoms with E-state index in [0.29, 0.717) is 0 Å². The molecule has 0 bridgehead atoms. The zero-order valence-electron chi connectivity index (χ0n) is 6.27. The minimum absolute atomic E-state index is 0.0579. The van der Waals surface area contributed by atoms with Crippen LogP contribution in [0, 0.1) is 12.7 Å². The zero-order valence-corrected chi connectivity index (χ0v) is 7.02. The summed E-state index contributed by atoms with van der Waals surface area (Å²) in [7, 11) is 0. The van der Waals surface area contributed by atoms with Gasteiger partial charge in [-0.15, -0.1) is 0 Å². The molecular formula is C8H6ClFO2. The van der Waals surface area contributed by atoms with Gasteiger partial charge in [0.05, 0.1) is 10.6 Å². The van der Waals surface area contributed by atoms with E-state index in [9.17, 15) is 9.18 Å². The van der Waals surface area contributed by atoms with E-state index in [4.69, 9.17) is 16.7 Å². The smallest absolute Gasteiger partial charge is 0.336 e. The highest BCUT2D eigenvalue weighted by molar-refractivity contribution is 6.30. The van der Waals surface area contributed by atoms with E-state index in [-0.39, 0.29) is 16.1 Å². The second kappa shape index (κ2) is 3.11. The fraction of sp³-hybridized carbons (Fsp3) is 0.125. The van der Waals surface area contributed by atoms with Crippen molar-refractivity contribution < 1.29 is 14.3 Å². The van der Waals surface area contributed by atoms with E-state index in [0.717, 1.165) is 0 Å². The summed E-state index contributed by atoms with van der Waals surface area (Å²) in [5.74, 6) is -1.82. The summed E-state index contributed by atoms with van der Waals surface area (Å²) in [5.41, 5.74) is 0.00639. The number of hydrogen-bond acceptors (Lipinski definition) is 1. The Balaban J connectivity index is 3.36. The Morgan fingerprint density at radius 3 is 2.67 bits per heavy atom. The number of aromatic carboxylic acids is 1. The number of benzene rings is 1. The first-order valence-corrected chi connectivity index (χ1v) is 3.59. The minimum atomic E-state index is -1.15. The molecule has 0 unspecified atom stereocenters. The number of carbonyl (C=O) groups is 1. The highest BCUT2D eigenvalue weighted by Gasteiger charge is 2.12. The zero-order chi connectivity index (χ0) is 9.30. The van der Waals surface area contributed by atoms with Gasteiger partial charge in [-0.2, -0.15) is 0 Å². The highest BCUT2D eigenvalue weighted by atomic mass is 35.5. The van der Waals surface area contributed by atoms with Gasteiger partial charge in [-0.1, -0.05) is 11.6 Å². The summed E-state index contributed by atoms with van der Waals surface area (Å²) >= 11 is 5.42. The number of halogens is 2. The molecular weight excluding hydrogens is 183 g/mol. The van der Waals surface area contributed by atoms with Crippen LogP contribution in [0.25, 0.3) is 0 Å². The lowest BCUT2D eigenvalue weighted by Crippen LogP contribution is -2.01. The third-order valence-corrected chi connectivity index (χ3v) is 1.86. The van der Waals surface area contributed by atoms with Gasteiger partial charge in [-0.05, 0) is 19.1 Å². The molecule has 0 saturated heterocycles. The fourth-order valence-electron chi connectivity index (χ4n) is 0.884. The maximum absolute atomic E-state index is 13.0. The van der Waals surface area contributed by atoms with E-state index in [2.05, 4.69) is 0 Å². The first-order chi connectivity index (χ1) is 5.54. The quantitative estimate of drug-likeness (QED) is 0.735. The van der Waals surface area contributed by atoms with Crippen LogP contribution in [0.15, 0.2) is 12.1 Å². The Kier molecular flexibility index (Phi) is 2.33. The molecule has 0 aliphatic heterocycles. The SMILES string of the molecule is Cc1c(C(=O)O)ccc(Cl)c1F. The molecule has 1 aromatic rings. The fourth-order valence-corrected chi connectivity index (χ4v) is 1.09. The van der Waals surface area contributed by atoms with Crippen molar-refractivity contribution in [2.24, 2.45) is 0 Å². The molecule has 0 amide bonds. The monoisotopic (exact) mass is 188 g/mol. The number of rotatable bonds is 1. The van der Waals surface area contributed by atoms with Crippen molar-refractivity contribution >= 4 is 17.6 Å². The predicted molar refractivity (Wildman–Crippen MR) is 43.1 cm³/mol. The molecule has 0 radical (unpaired) electrons. The Bertz CT molecular complexity index is 336. The van der Waals surface area contributed by atoms with E-state index in [1.165, 1.54) is 19.1 Å². The lowest BCUT2D eigenvalue weighted by Gasteiger charge is -2.02. The molecule has 2 nitrogen and oxygen atoms in total. The van der Waals surface area contributed by atoms with Crippen molar-refractivity contribution in [1.29, 1.82) is 0 Å². The van der Waals surface area contributed by atoms with Crippen LogP contribution < -0.4 is 0 Å². The summed E-state index contributed by atoms with van der Waals surface area (Å²) in [6.45, 7) is 1.38. The maximum atomic E-state index is 13.0. The van der Waals surface area contributed by atoms with Crippen molar-refractivity contribution in [2.45, 2.75) is 6.92 Å². The molecule has 0 aromatic heterocycles. The summed E-state index contributed by atoms with van der Waals surface area (Å²) in [5, 5.41) is 8.51. The Morgan fingerprint density at radius 2 is 2.17 bits per heavy atom. The minimum Gasteiger partial charge on any atom is -0.478 e. The molecule has 1 N–H and O–H groups in total. The molecule has 0 heterocycles. The topological polar surface area (TPSA) is 37.3 Å². The summed E-state index contributed by atoms with van der Waals surface area (Å²) < 4.78 is 13.0. The van der Waals surface area contributed by atoms with E-state index in [1.54, 1.807) is 0 Å². The Morgan fingerprint density at radius 1 is 1.58 bits per heavy atom. The van der Waals surface area contributed by atoms with Crippen LogP contribution in [0.1, 0.15) is 15.9 Å². The van der Waals surface area contributed by atoms with Crippen molar-refractivity contribution in [3.8, 4) is 0 Å². The number of hydrogen-bond donors (Lipinski definition) is 1. The third kappa shape index (κ3) is 1.41. The maximum Gasteiger partial charge on any atom is 0.336 e. The molecule has 64 valence electrons. The average molecular weight is 189 g/mol. The van der Waals surface area contributed by atoms with Gasteiger partial charge in [-0.3, -0.25) is 0 Å². The van der Waals surface area contributed by atoms with Crippen LogP contribution >= 0.6 is 11.6 Å². The van der Waals surface area contributed by atoms with Crippen LogP contribution in [0.5, 0.6) is 0 Å². The van der Waals surface area contributed by atoms with Crippen LogP contribution in [-0.4, -0.2) is 11.1 Å². The number of carboxylic acid groups (broad SMARTS) is 1. The van der Waals surface area contributed by atoms with Crippen LogP contribution in [-0.2, 0) is 0 Å². The summed E-state index contributed by atoms with van der Waals surface area (Å²) in [6.07, 6.45) is 0. The molecule has 1 rings (SSSR count). The highest BCUT2D eigenvalue weighted by Crippen LogP contribution is 2.20. The molecule has 4 heteroatoms. The second-order valence-electron chi connectivity index (χ2n) is 2.34. The van der Waals surface area contributed by atoms with Gasteiger partial charge < -0.3 is 5.11 Å². The molecule has 0 aliphatic rings. The first kappa shape index (κ1) is 9.00. The summed E-state index contributed by atoms with van der Waals surface area (Å²) in [4.78, 5) is 10.5. The average Bonchev–Trinajstić information content (AvgIpc) is 2.00. The van der Waals surface area contributed by atoms with E-state index in [1.807, 2.05) is 0 Å². The molecule has 0 aliphatic carbocycles. The van der Waals surface area contributed by atoms with Gasteiger partial charge >= 0.3 is 5.97 Å². The van der Waals surface area contributed by atoms with Crippen molar-refractivity contribution in [2.75, 3.05) is 0 Å². The van der Waals surface area contributed by atoms with Crippen molar-refractivity contribution in [1.82, 2.24) is 0 Å². The first-order valence-electron chi connectivity index (χ1n) is 3.22. The summed E-state index contributed by atoms with van der Waals surface area (Å²) in [6, 6.07) is 2.51. The second-order valence-corrected chi connectivity index (χ2v) is 2.75. The van der Waals surface area contributed by atoms with Gasteiger partial charge in [0.1, 0.15) is 5.82 Å². The molecule has 0 atom stereocenters. The lowest BCUT2D eigenvalue weighted by atomic mass is 10.1. The Labute approximate surface area is 73.6 Å². The predicted octanol–water partition coefficient (Wildman–Crippen LogP) is 2.49. The van der Waals surface area contributed by atoms with E-state index < -0.39 is 11.8 Å². The van der Waals surface area contributed by atoms with Gasteiger partial charge in [-0.25, -0.2) is 9.18 Å². The standard InChI is InChI=1S/C8H6ClFO2/c1-4-5(8(11)12)2-3-6(9)7(4)10/h2-3H,1H3,(H,11,12). The van der Waals surface area contributed by atoms with Gasteiger partial charge in [0, 0.05) is 5.56 Å². The van der Waals surface area contributed by atoms with Crippen LogP contribution in [0.2, 0.25) is 5.02 Å².